The number of anilines is 1. The molecule has 1 aromatic rings. The van der Waals surface area contributed by atoms with Crippen LogP contribution in [0, 0.1) is 12.3 Å². The van der Waals surface area contributed by atoms with Crippen LogP contribution in [0.25, 0.3) is 0 Å². The van der Waals surface area contributed by atoms with Crippen LogP contribution in [0.15, 0.2) is 23.1 Å². The molecule has 0 heterocycles. The van der Waals surface area contributed by atoms with E-state index in [2.05, 4.69) is 16.5 Å². The minimum Gasteiger partial charge on any atom is -0.506 e. The predicted molar refractivity (Wildman–Crippen MR) is 86.9 cm³/mol. The number of phenolic OH excluding ortho intramolecular Hbond substituents is 1. The van der Waals surface area contributed by atoms with Crippen LogP contribution in [-0.2, 0) is 19.3 Å². The van der Waals surface area contributed by atoms with Crippen LogP contribution < -0.4 is 9.62 Å². The third-order valence-electron chi connectivity index (χ3n) is 2.85. The molecule has 0 aliphatic carbocycles. The first-order valence-corrected chi connectivity index (χ1v) is 8.18. The van der Waals surface area contributed by atoms with Crippen molar-refractivity contribution in [3.8, 4) is 18.1 Å². The lowest BCUT2D eigenvalue weighted by molar-refractivity contribution is -0.119. The Bertz CT molecular complexity index is 732. The summed E-state index contributed by atoms with van der Waals surface area (Å²) in [7, 11) is -3.07. The van der Waals surface area contributed by atoms with Crippen molar-refractivity contribution >= 4 is 33.1 Å². The second-order valence-electron chi connectivity index (χ2n) is 4.51. The Hall–Kier alpha value is -2.46. The Kier molecular flexibility index (Phi) is 5.60. The number of hydrogen-bond acceptors (Lipinski definition) is 4. The highest BCUT2D eigenvalue weighted by atomic mass is 32.2. The molecule has 0 spiro atoms. The lowest BCUT2D eigenvalue weighted by Gasteiger charge is -2.20. The second-order valence-corrected chi connectivity index (χ2v) is 6.54. The number of amides is 2. The summed E-state index contributed by atoms with van der Waals surface area (Å²) in [6.07, 6.45) is 5.36. The molecule has 1 aromatic carbocycles. The van der Waals surface area contributed by atoms with Gasteiger partial charge in [-0.25, -0.2) is 4.21 Å². The Morgan fingerprint density at radius 3 is 2.59 bits per heavy atom. The zero-order valence-corrected chi connectivity index (χ0v) is 13.3. The van der Waals surface area contributed by atoms with Crippen LogP contribution in [0.2, 0.25) is 0 Å². The second kappa shape index (κ2) is 7.00. The molecule has 6 nitrogen and oxygen atoms in total. The van der Waals surface area contributed by atoms with E-state index in [4.69, 9.17) is 6.42 Å². The number of carbonyl (C=O) groups is 2. The van der Waals surface area contributed by atoms with Crippen molar-refractivity contribution in [3.05, 3.63) is 18.2 Å². The minimum absolute atomic E-state index is 0.00540. The zero-order chi connectivity index (χ0) is 16.9. The van der Waals surface area contributed by atoms with Gasteiger partial charge in [-0.2, -0.15) is 0 Å². The van der Waals surface area contributed by atoms with Gasteiger partial charge in [-0.05, 0) is 24.1 Å². The average molecular weight is 322 g/mol. The van der Waals surface area contributed by atoms with Crippen LogP contribution >= 0.6 is 0 Å². The number of terminal acetylenes is 1. The molecule has 22 heavy (non-hydrogen) atoms. The quantitative estimate of drug-likeness (QED) is 0.623. The molecule has 0 radical (unpaired) electrons. The van der Waals surface area contributed by atoms with E-state index < -0.39 is 15.6 Å². The highest BCUT2D eigenvalue weighted by molar-refractivity contribution is 7.99. The molecule has 1 unspecified atom stereocenters. The maximum atomic E-state index is 12.4. The van der Waals surface area contributed by atoms with Gasteiger partial charge in [0.2, 0.25) is 11.8 Å². The standard InChI is InChI=1S/C15H18N2O4S/c1-5-9-17(11(3)18)13-8-7-12(10-14(13)19)22(4,21)16-15(20)6-2/h1,7-8,10,19H,4,6,9H2,2-3H3,(H,16,20,21). The molecule has 0 bridgehead atoms. The van der Waals surface area contributed by atoms with Gasteiger partial charge in [-0.1, -0.05) is 12.8 Å². The average Bonchev–Trinajstić information content (AvgIpc) is 2.44. The monoisotopic (exact) mass is 322 g/mol. The molecule has 118 valence electrons. The minimum atomic E-state index is -3.07. The van der Waals surface area contributed by atoms with Crippen molar-refractivity contribution in [1.82, 2.24) is 4.72 Å². The van der Waals surface area contributed by atoms with Crippen molar-refractivity contribution in [1.29, 1.82) is 0 Å². The largest absolute Gasteiger partial charge is 0.506 e. The smallest absolute Gasteiger partial charge is 0.231 e. The number of aromatic hydroxyl groups is 1. The molecule has 0 aromatic heterocycles. The highest BCUT2D eigenvalue weighted by Gasteiger charge is 2.17. The van der Waals surface area contributed by atoms with Gasteiger partial charge < -0.3 is 5.11 Å². The Morgan fingerprint density at radius 1 is 1.50 bits per heavy atom. The molecule has 0 aliphatic rings. The summed E-state index contributed by atoms with van der Waals surface area (Å²) in [4.78, 5) is 24.3. The lowest BCUT2D eigenvalue weighted by Crippen LogP contribution is -2.30. The number of benzene rings is 1. The SMILES string of the molecule is C#CCN(C(C)=O)c1ccc(S(=C)(=O)NC(=O)CC)cc1O. The Labute approximate surface area is 130 Å². The molecule has 1 atom stereocenters. The zero-order valence-electron chi connectivity index (χ0n) is 12.5. The Balaban J connectivity index is 3.21. The Morgan fingerprint density at radius 2 is 2.14 bits per heavy atom. The summed E-state index contributed by atoms with van der Waals surface area (Å²) in [5.74, 6) is 4.78. The van der Waals surface area contributed by atoms with Gasteiger partial charge in [-0.3, -0.25) is 19.2 Å². The van der Waals surface area contributed by atoms with Crippen LogP contribution in [0.1, 0.15) is 20.3 Å². The molecule has 0 saturated carbocycles. The normalized spacial score (nSPS) is 12.8. The summed E-state index contributed by atoms with van der Waals surface area (Å²) in [5, 5.41) is 10.1. The van der Waals surface area contributed by atoms with E-state index >= 15 is 0 Å². The van der Waals surface area contributed by atoms with Gasteiger partial charge in [0.05, 0.1) is 26.8 Å². The maximum Gasteiger partial charge on any atom is 0.231 e. The summed E-state index contributed by atoms with van der Waals surface area (Å²) in [5.41, 5.74) is 0.200. The van der Waals surface area contributed by atoms with Gasteiger partial charge in [0, 0.05) is 13.3 Å². The van der Waals surface area contributed by atoms with Gasteiger partial charge in [0.25, 0.3) is 0 Å². The summed E-state index contributed by atoms with van der Waals surface area (Å²) < 4.78 is 14.7. The first-order valence-electron chi connectivity index (χ1n) is 6.45. The number of nitrogens with one attached hydrogen (secondary N) is 1. The van der Waals surface area contributed by atoms with Crippen molar-refractivity contribution < 1.29 is 18.9 Å². The topological polar surface area (TPSA) is 86.7 Å². The van der Waals surface area contributed by atoms with E-state index in [0.717, 1.165) is 0 Å². The molecule has 2 amide bonds. The first-order chi connectivity index (χ1) is 10.2. The third-order valence-corrected chi connectivity index (χ3v) is 4.42. The van der Waals surface area contributed by atoms with Crippen LogP contribution in [-0.4, -0.2) is 33.5 Å². The lowest BCUT2D eigenvalue weighted by atomic mass is 10.2. The molecule has 0 aliphatic heterocycles. The van der Waals surface area contributed by atoms with Crippen molar-refractivity contribution in [3.63, 3.8) is 0 Å². The predicted octanol–water partition coefficient (Wildman–Crippen LogP) is 0.895. The van der Waals surface area contributed by atoms with E-state index in [-0.39, 0.29) is 35.2 Å². The molecule has 1 rings (SSSR count). The van der Waals surface area contributed by atoms with Gasteiger partial charge >= 0.3 is 0 Å². The van der Waals surface area contributed by atoms with E-state index in [1.165, 1.54) is 30.0 Å². The molecule has 0 saturated heterocycles. The van der Waals surface area contributed by atoms with Crippen LogP contribution in [0.3, 0.4) is 0 Å². The summed E-state index contributed by atoms with van der Waals surface area (Å²) in [6, 6.07) is 4.03. The van der Waals surface area contributed by atoms with Crippen LogP contribution in [0.5, 0.6) is 5.75 Å². The fourth-order valence-corrected chi connectivity index (χ4v) is 2.93. The number of phenols is 1. The molecule has 7 heteroatoms. The summed E-state index contributed by atoms with van der Waals surface area (Å²) in [6.45, 7) is 2.93. The fourth-order valence-electron chi connectivity index (χ4n) is 1.71. The van der Waals surface area contributed by atoms with E-state index in [0.29, 0.717) is 0 Å². The molecule has 2 N–H and O–H groups in total. The van der Waals surface area contributed by atoms with Gasteiger partial charge in [0.15, 0.2) is 0 Å². The number of nitrogens with zero attached hydrogens (tertiary/aromatic N) is 1. The van der Waals surface area contributed by atoms with E-state index in [1.807, 2.05) is 0 Å². The van der Waals surface area contributed by atoms with Crippen molar-refractivity contribution in [2.75, 3.05) is 11.4 Å². The molecular formula is C15H18N2O4S. The van der Waals surface area contributed by atoms with E-state index in [9.17, 15) is 18.9 Å². The number of rotatable bonds is 5. The van der Waals surface area contributed by atoms with Gasteiger partial charge in [-0.15, -0.1) is 6.42 Å². The third kappa shape index (κ3) is 4.02. The van der Waals surface area contributed by atoms with Gasteiger partial charge in [0.1, 0.15) is 5.75 Å². The highest BCUT2D eigenvalue weighted by Crippen LogP contribution is 2.29. The maximum absolute atomic E-state index is 12.4. The van der Waals surface area contributed by atoms with Crippen LogP contribution in [0.4, 0.5) is 5.69 Å². The first kappa shape index (κ1) is 17.6. The number of carbonyl (C=O) groups excluding carboxylic acids is 2. The molecule has 0 fully saturated rings. The van der Waals surface area contributed by atoms with Crippen molar-refractivity contribution in [2.24, 2.45) is 0 Å². The van der Waals surface area contributed by atoms with Crippen molar-refractivity contribution in [2.45, 2.75) is 25.2 Å². The van der Waals surface area contributed by atoms with E-state index in [1.54, 1.807) is 6.92 Å². The number of hydrogen-bond donors (Lipinski definition) is 2. The summed E-state index contributed by atoms with van der Waals surface area (Å²) >= 11 is 0. The fraction of sp³-hybridized carbons (Fsp3) is 0.267. The molecular weight excluding hydrogens is 304 g/mol.